The van der Waals surface area contributed by atoms with Gasteiger partial charge in [0.1, 0.15) is 0 Å². The number of hydrogen-bond donors (Lipinski definition) is 2. The van der Waals surface area contributed by atoms with Gasteiger partial charge >= 0.3 is 6.03 Å². The van der Waals surface area contributed by atoms with Crippen molar-refractivity contribution in [3.63, 3.8) is 0 Å². The average molecular weight is 615 g/mol. The fourth-order valence-electron chi connectivity index (χ4n) is 6.20. The van der Waals surface area contributed by atoms with Crippen LogP contribution >= 0.6 is 0 Å². The Morgan fingerprint density at radius 3 is 2.27 bits per heavy atom. The molecule has 2 aromatic carbocycles. The molecule has 3 heterocycles. The van der Waals surface area contributed by atoms with Crippen LogP contribution in [0.3, 0.4) is 0 Å². The van der Waals surface area contributed by atoms with Crippen molar-refractivity contribution < 1.29 is 14.4 Å². The van der Waals surface area contributed by atoms with E-state index < -0.39 is 0 Å². The van der Waals surface area contributed by atoms with Gasteiger partial charge in [-0.05, 0) is 76.3 Å². The van der Waals surface area contributed by atoms with Crippen LogP contribution < -0.4 is 15.5 Å². The molecule has 0 unspecified atom stereocenters. The number of aromatic nitrogens is 2. The highest BCUT2D eigenvalue weighted by atomic mass is 16.2. The lowest BCUT2D eigenvalue weighted by molar-refractivity contribution is 0.0827. The SMILES string of the molecule is CC(C)n1nc(C(=O)NCc2ccc(NC(=O)N3CC[C@@H](N(C)C)C3)cc2)c2c1[C@@H](C)CN(c1ccc(C(=O)N(C)C)cc1)C2. The van der Waals surface area contributed by atoms with Crippen LogP contribution in [0.5, 0.6) is 0 Å². The minimum atomic E-state index is -0.214. The normalized spacial score (nSPS) is 17.9. The Bertz CT molecular complexity index is 1530. The third-order valence-corrected chi connectivity index (χ3v) is 8.79. The van der Waals surface area contributed by atoms with E-state index in [0.29, 0.717) is 30.4 Å². The molecule has 1 fully saturated rings. The quantitative estimate of drug-likeness (QED) is 0.390. The summed E-state index contributed by atoms with van der Waals surface area (Å²) in [6, 6.07) is 15.6. The zero-order valence-corrected chi connectivity index (χ0v) is 27.5. The number of urea groups is 1. The van der Waals surface area contributed by atoms with Gasteiger partial charge in [0.25, 0.3) is 11.8 Å². The molecular weight excluding hydrogens is 568 g/mol. The Morgan fingerprint density at radius 2 is 1.67 bits per heavy atom. The third-order valence-electron chi connectivity index (χ3n) is 8.79. The van der Waals surface area contributed by atoms with Crippen molar-refractivity contribution in [1.29, 1.82) is 0 Å². The summed E-state index contributed by atoms with van der Waals surface area (Å²) in [5.74, 6) is -0.0911. The largest absolute Gasteiger partial charge is 0.366 e. The number of carbonyl (C=O) groups excluding carboxylic acids is 3. The van der Waals surface area contributed by atoms with E-state index in [4.69, 9.17) is 5.10 Å². The predicted molar refractivity (Wildman–Crippen MR) is 177 cm³/mol. The Labute approximate surface area is 266 Å². The number of rotatable bonds is 8. The molecule has 0 aliphatic carbocycles. The van der Waals surface area contributed by atoms with Gasteiger partial charge in [0.2, 0.25) is 0 Å². The monoisotopic (exact) mass is 614 g/mol. The van der Waals surface area contributed by atoms with Gasteiger partial charge in [0.05, 0.1) is 0 Å². The predicted octanol–water partition coefficient (Wildman–Crippen LogP) is 4.39. The van der Waals surface area contributed by atoms with Crippen LogP contribution in [0.2, 0.25) is 0 Å². The first-order chi connectivity index (χ1) is 21.4. The summed E-state index contributed by atoms with van der Waals surface area (Å²) < 4.78 is 1.99. The molecule has 45 heavy (non-hydrogen) atoms. The first-order valence-corrected chi connectivity index (χ1v) is 15.7. The summed E-state index contributed by atoms with van der Waals surface area (Å²) in [7, 11) is 7.57. The minimum Gasteiger partial charge on any atom is -0.366 e. The Morgan fingerprint density at radius 1 is 0.978 bits per heavy atom. The lowest BCUT2D eigenvalue weighted by Gasteiger charge is -2.34. The maximum absolute atomic E-state index is 13.6. The zero-order chi connectivity index (χ0) is 32.4. The number of anilines is 2. The van der Waals surface area contributed by atoms with Crippen molar-refractivity contribution in [3.8, 4) is 0 Å². The summed E-state index contributed by atoms with van der Waals surface area (Å²) in [4.78, 5) is 46.5. The first kappa shape index (κ1) is 32.0. The van der Waals surface area contributed by atoms with Gasteiger partial charge in [-0.15, -0.1) is 0 Å². The summed E-state index contributed by atoms with van der Waals surface area (Å²) in [5, 5.41) is 10.9. The standard InChI is InChI=1S/C34H46N8O3/c1-22(2)42-31-23(3)19-41(27-14-10-25(11-15-27)33(44)39(6)7)21-29(31)30(37-42)32(43)35-18-24-8-12-26(13-9-24)36-34(45)40-17-16-28(20-40)38(4)5/h8-15,22-23,28H,16-21H2,1-7H3,(H,35,43)(H,36,45)/t23-,28+/m0/s1. The Kier molecular flexibility index (Phi) is 9.48. The lowest BCUT2D eigenvalue weighted by Crippen LogP contribution is -2.36. The maximum Gasteiger partial charge on any atom is 0.321 e. The highest BCUT2D eigenvalue weighted by molar-refractivity contribution is 5.95. The number of nitrogens with one attached hydrogen (secondary N) is 2. The molecule has 0 radical (unpaired) electrons. The van der Waals surface area contributed by atoms with Gasteiger partial charge in [-0.25, -0.2) is 4.79 Å². The number of carbonyl (C=O) groups is 3. The van der Waals surface area contributed by atoms with Crippen LogP contribution in [0.25, 0.3) is 0 Å². The molecule has 2 N–H and O–H groups in total. The second-order valence-corrected chi connectivity index (χ2v) is 12.9. The summed E-state index contributed by atoms with van der Waals surface area (Å²) >= 11 is 0. The smallest absolute Gasteiger partial charge is 0.321 e. The lowest BCUT2D eigenvalue weighted by atomic mass is 9.95. The number of nitrogens with zero attached hydrogens (tertiary/aromatic N) is 6. The van der Waals surface area contributed by atoms with E-state index in [2.05, 4.69) is 41.2 Å². The summed E-state index contributed by atoms with van der Waals surface area (Å²) in [5.41, 5.74) is 5.77. The highest BCUT2D eigenvalue weighted by Crippen LogP contribution is 2.35. The molecule has 0 saturated carbocycles. The van der Waals surface area contributed by atoms with Gasteiger partial charge in [-0.3, -0.25) is 14.3 Å². The molecule has 0 bridgehead atoms. The highest BCUT2D eigenvalue weighted by Gasteiger charge is 2.33. The van der Waals surface area contributed by atoms with E-state index in [1.165, 1.54) is 0 Å². The molecule has 240 valence electrons. The molecule has 1 aromatic heterocycles. The summed E-state index contributed by atoms with van der Waals surface area (Å²) in [6.07, 6.45) is 0.973. The van der Waals surface area contributed by atoms with Crippen LogP contribution in [-0.4, -0.2) is 96.2 Å². The fraction of sp³-hybridized carbons (Fsp3) is 0.471. The molecule has 2 aliphatic rings. The number of benzene rings is 2. The topological polar surface area (TPSA) is 106 Å². The number of amides is 4. The van der Waals surface area contributed by atoms with Crippen LogP contribution in [0.15, 0.2) is 48.5 Å². The van der Waals surface area contributed by atoms with Crippen LogP contribution in [-0.2, 0) is 13.1 Å². The van der Waals surface area contributed by atoms with Crippen LogP contribution in [0.4, 0.5) is 16.2 Å². The van der Waals surface area contributed by atoms with Crippen molar-refractivity contribution in [1.82, 2.24) is 29.8 Å². The average Bonchev–Trinajstić information content (AvgIpc) is 3.67. The molecule has 5 rings (SSSR count). The van der Waals surface area contributed by atoms with Gasteiger partial charge in [0, 0.05) is 93.0 Å². The van der Waals surface area contributed by atoms with E-state index in [-0.39, 0.29) is 29.8 Å². The number of likely N-dealkylation sites (N-methyl/N-ethyl adjacent to an activating group) is 1. The molecule has 11 heteroatoms. The second-order valence-electron chi connectivity index (χ2n) is 12.9. The van der Waals surface area contributed by atoms with E-state index in [0.717, 1.165) is 54.3 Å². The van der Waals surface area contributed by atoms with Crippen LogP contribution in [0.1, 0.15) is 76.8 Å². The number of fused-ring (bicyclic) bond motifs is 1. The molecule has 4 amide bonds. The fourth-order valence-corrected chi connectivity index (χ4v) is 6.20. The molecule has 2 aliphatic heterocycles. The minimum absolute atomic E-state index is 0.0345. The molecule has 0 spiro atoms. The Hall–Kier alpha value is -4.38. The van der Waals surface area contributed by atoms with Gasteiger partial charge in [-0.1, -0.05) is 19.1 Å². The van der Waals surface area contributed by atoms with E-state index in [1.54, 1.807) is 19.0 Å². The van der Waals surface area contributed by atoms with E-state index in [9.17, 15) is 14.4 Å². The van der Waals surface area contributed by atoms with Crippen molar-refractivity contribution in [2.24, 2.45) is 0 Å². The van der Waals surface area contributed by atoms with Crippen molar-refractivity contribution in [2.75, 3.05) is 58.0 Å². The first-order valence-electron chi connectivity index (χ1n) is 15.7. The number of likely N-dealkylation sites (tertiary alicyclic amines) is 1. The second kappa shape index (κ2) is 13.3. The van der Waals surface area contributed by atoms with E-state index in [1.807, 2.05) is 72.2 Å². The van der Waals surface area contributed by atoms with Crippen LogP contribution in [0, 0.1) is 0 Å². The van der Waals surface area contributed by atoms with Crippen molar-refractivity contribution in [2.45, 2.75) is 58.3 Å². The van der Waals surface area contributed by atoms with Crippen molar-refractivity contribution >= 4 is 29.2 Å². The molecule has 2 atom stereocenters. The van der Waals surface area contributed by atoms with Gasteiger partial charge in [-0.2, -0.15) is 5.10 Å². The maximum atomic E-state index is 13.6. The van der Waals surface area contributed by atoms with Crippen molar-refractivity contribution in [3.05, 3.63) is 76.6 Å². The molecule has 3 aromatic rings. The molecular formula is C34H46N8O3. The van der Waals surface area contributed by atoms with E-state index >= 15 is 0 Å². The van der Waals surface area contributed by atoms with Gasteiger partial charge < -0.3 is 30.2 Å². The third kappa shape index (κ3) is 6.98. The van der Waals surface area contributed by atoms with Gasteiger partial charge in [0.15, 0.2) is 5.69 Å². The number of hydrogen-bond acceptors (Lipinski definition) is 6. The molecule has 11 nitrogen and oxygen atoms in total. The Balaban J connectivity index is 1.25. The summed E-state index contributed by atoms with van der Waals surface area (Å²) in [6.45, 7) is 9.48. The zero-order valence-electron chi connectivity index (χ0n) is 27.5. The molecule has 1 saturated heterocycles.